The topological polar surface area (TPSA) is 57.6 Å². The van der Waals surface area contributed by atoms with Crippen molar-refractivity contribution in [3.8, 4) is 0 Å². The molecule has 1 amide bonds. The van der Waals surface area contributed by atoms with Crippen molar-refractivity contribution in [3.05, 3.63) is 35.0 Å². The van der Waals surface area contributed by atoms with Crippen molar-refractivity contribution >= 4 is 33.3 Å². The molecular formula is C16H16FNO3S. The Bertz CT molecular complexity index is 742. The molecule has 0 saturated carbocycles. The lowest BCUT2D eigenvalue weighted by atomic mass is 9.87. The van der Waals surface area contributed by atoms with E-state index in [0.29, 0.717) is 24.4 Å². The van der Waals surface area contributed by atoms with Gasteiger partial charge >= 0.3 is 5.97 Å². The summed E-state index contributed by atoms with van der Waals surface area (Å²) >= 11 is 1.34. The zero-order valence-corrected chi connectivity index (χ0v) is 12.9. The van der Waals surface area contributed by atoms with Gasteiger partial charge in [0.2, 0.25) is 0 Å². The zero-order valence-electron chi connectivity index (χ0n) is 12.1. The number of piperidine rings is 1. The number of carbonyl (C=O) groups is 2. The van der Waals surface area contributed by atoms with Gasteiger partial charge in [-0.3, -0.25) is 9.59 Å². The number of benzene rings is 1. The zero-order chi connectivity index (χ0) is 15.9. The maximum absolute atomic E-state index is 13.2. The van der Waals surface area contributed by atoms with Crippen LogP contribution >= 0.6 is 11.3 Å². The fourth-order valence-electron chi connectivity index (χ4n) is 2.97. The molecule has 4 nitrogen and oxygen atoms in total. The first kappa shape index (κ1) is 15.0. The molecule has 1 aliphatic heterocycles. The molecule has 116 valence electrons. The Morgan fingerprint density at radius 2 is 2.14 bits per heavy atom. The van der Waals surface area contributed by atoms with E-state index in [1.807, 2.05) is 6.92 Å². The molecule has 2 unspecified atom stereocenters. The van der Waals surface area contributed by atoms with Gasteiger partial charge in [-0.25, -0.2) is 4.39 Å². The number of rotatable bonds is 2. The number of carboxylic acid groups (broad SMARTS) is 1. The van der Waals surface area contributed by atoms with Crippen molar-refractivity contribution in [1.29, 1.82) is 0 Å². The van der Waals surface area contributed by atoms with E-state index in [4.69, 9.17) is 5.11 Å². The first-order valence-electron chi connectivity index (χ1n) is 7.17. The second-order valence-corrected chi connectivity index (χ2v) is 6.84. The highest BCUT2D eigenvalue weighted by atomic mass is 32.1. The standard InChI is InChI=1S/C16H16FNO3S/c1-9-8-18(5-4-12(9)16(20)21)15(19)14-7-10-6-11(17)2-3-13(10)22-14/h2-3,6-7,9,12H,4-5,8H2,1H3,(H,20,21). The molecule has 3 rings (SSSR count). The van der Waals surface area contributed by atoms with Crippen LogP contribution in [0, 0.1) is 17.7 Å². The monoisotopic (exact) mass is 321 g/mol. The molecule has 22 heavy (non-hydrogen) atoms. The number of amides is 1. The third-order valence-electron chi connectivity index (χ3n) is 4.20. The van der Waals surface area contributed by atoms with Gasteiger partial charge in [0.05, 0.1) is 10.8 Å². The number of hydrogen-bond acceptors (Lipinski definition) is 3. The Morgan fingerprint density at radius 3 is 2.82 bits per heavy atom. The number of nitrogens with zero attached hydrogens (tertiary/aromatic N) is 1. The minimum atomic E-state index is -0.795. The van der Waals surface area contributed by atoms with E-state index in [1.165, 1.54) is 23.5 Å². The van der Waals surface area contributed by atoms with Crippen LogP contribution in [0.25, 0.3) is 10.1 Å². The third-order valence-corrected chi connectivity index (χ3v) is 5.30. The van der Waals surface area contributed by atoms with Crippen molar-refractivity contribution in [3.63, 3.8) is 0 Å². The molecule has 1 aromatic heterocycles. The van der Waals surface area contributed by atoms with Gasteiger partial charge in [-0.2, -0.15) is 0 Å². The predicted octanol–water partition coefficient (Wildman–Crippen LogP) is 3.22. The molecule has 2 heterocycles. The van der Waals surface area contributed by atoms with Crippen LogP contribution in [0.2, 0.25) is 0 Å². The summed E-state index contributed by atoms with van der Waals surface area (Å²) < 4.78 is 14.1. The second kappa shape index (κ2) is 5.68. The minimum absolute atomic E-state index is 0.0676. The maximum Gasteiger partial charge on any atom is 0.306 e. The first-order valence-corrected chi connectivity index (χ1v) is 7.98. The van der Waals surface area contributed by atoms with Crippen molar-refractivity contribution in [2.75, 3.05) is 13.1 Å². The van der Waals surface area contributed by atoms with Gasteiger partial charge in [-0.1, -0.05) is 6.92 Å². The molecular weight excluding hydrogens is 305 g/mol. The van der Waals surface area contributed by atoms with E-state index in [-0.39, 0.29) is 23.6 Å². The summed E-state index contributed by atoms with van der Waals surface area (Å²) in [5.41, 5.74) is 0. The molecule has 1 aromatic carbocycles. The minimum Gasteiger partial charge on any atom is -0.481 e. The number of thiophene rings is 1. The molecule has 0 aliphatic carbocycles. The highest BCUT2D eigenvalue weighted by Crippen LogP contribution is 2.30. The quantitative estimate of drug-likeness (QED) is 0.924. The molecule has 0 spiro atoms. The van der Waals surface area contributed by atoms with Crippen LogP contribution < -0.4 is 0 Å². The third kappa shape index (κ3) is 2.70. The van der Waals surface area contributed by atoms with Gasteiger partial charge in [0.15, 0.2) is 0 Å². The molecule has 2 aromatic rings. The normalized spacial score (nSPS) is 22.0. The summed E-state index contributed by atoms with van der Waals surface area (Å²) in [6.07, 6.45) is 0.474. The van der Waals surface area contributed by atoms with Gasteiger partial charge in [0.25, 0.3) is 5.91 Å². The van der Waals surface area contributed by atoms with Crippen LogP contribution in [0.1, 0.15) is 23.0 Å². The number of likely N-dealkylation sites (tertiary alicyclic amines) is 1. The molecule has 0 bridgehead atoms. The Hall–Kier alpha value is -1.95. The van der Waals surface area contributed by atoms with Gasteiger partial charge < -0.3 is 10.0 Å². The maximum atomic E-state index is 13.2. The predicted molar refractivity (Wildman–Crippen MR) is 82.6 cm³/mol. The van der Waals surface area contributed by atoms with Gasteiger partial charge in [-0.05, 0) is 42.0 Å². The van der Waals surface area contributed by atoms with Crippen molar-refractivity contribution in [2.24, 2.45) is 11.8 Å². The van der Waals surface area contributed by atoms with E-state index in [1.54, 1.807) is 17.0 Å². The van der Waals surface area contributed by atoms with E-state index in [0.717, 1.165) is 10.1 Å². The van der Waals surface area contributed by atoms with Crippen LogP contribution in [-0.4, -0.2) is 35.0 Å². The van der Waals surface area contributed by atoms with E-state index in [9.17, 15) is 14.0 Å². The first-order chi connectivity index (χ1) is 10.5. The summed E-state index contributed by atoms with van der Waals surface area (Å²) in [7, 11) is 0. The average molecular weight is 321 g/mol. The largest absolute Gasteiger partial charge is 0.481 e. The van der Waals surface area contributed by atoms with E-state index < -0.39 is 5.97 Å². The highest BCUT2D eigenvalue weighted by molar-refractivity contribution is 7.20. The van der Waals surface area contributed by atoms with Crippen molar-refractivity contribution in [2.45, 2.75) is 13.3 Å². The molecule has 1 fully saturated rings. The van der Waals surface area contributed by atoms with Crippen molar-refractivity contribution in [1.82, 2.24) is 4.90 Å². The lowest BCUT2D eigenvalue weighted by Crippen LogP contribution is -2.44. The van der Waals surface area contributed by atoms with E-state index in [2.05, 4.69) is 0 Å². The number of carbonyl (C=O) groups excluding carboxylic acids is 1. The highest BCUT2D eigenvalue weighted by Gasteiger charge is 2.33. The van der Waals surface area contributed by atoms with Crippen LogP contribution in [-0.2, 0) is 4.79 Å². The molecule has 0 radical (unpaired) electrons. The fraction of sp³-hybridized carbons (Fsp3) is 0.375. The van der Waals surface area contributed by atoms with Crippen LogP contribution in [0.15, 0.2) is 24.3 Å². The van der Waals surface area contributed by atoms with Crippen LogP contribution in [0.3, 0.4) is 0 Å². The Morgan fingerprint density at radius 1 is 1.36 bits per heavy atom. The smallest absolute Gasteiger partial charge is 0.306 e. The lowest BCUT2D eigenvalue weighted by molar-refractivity contribution is -0.145. The summed E-state index contributed by atoms with van der Waals surface area (Å²) in [6, 6.07) is 6.18. The Balaban J connectivity index is 1.80. The number of halogens is 1. The Labute approximate surface area is 131 Å². The summed E-state index contributed by atoms with van der Waals surface area (Å²) in [5.74, 6) is -1.67. The van der Waals surface area contributed by atoms with Crippen molar-refractivity contribution < 1.29 is 19.1 Å². The molecule has 6 heteroatoms. The number of carboxylic acids is 1. The van der Waals surface area contributed by atoms with Gasteiger partial charge in [0, 0.05) is 17.8 Å². The summed E-state index contributed by atoms with van der Waals surface area (Å²) in [6.45, 7) is 2.75. The summed E-state index contributed by atoms with van der Waals surface area (Å²) in [5, 5.41) is 9.86. The number of aliphatic carboxylic acids is 1. The van der Waals surface area contributed by atoms with Crippen LogP contribution in [0.5, 0.6) is 0 Å². The van der Waals surface area contributed by atoms with Gasteiger partial charge in [0.1, 0.15) is 5.82 Å². The average Bonchev–Trinajstić information content (AvgIpc) is 2.88. The van der Waals surface area contributed by atoms with E-state index >= 15 is 0 Å². The second-order valence-electron chi connectivity index (χ2n) is 5.75. The number of hydrogen-bond donors (Lipinski definition) is 1. The number of fused-ring (bicyclic) bond motifs is 1. The molecule has 2 atom stereocenters. The SMILES string of the molecule is CC1CN(C(=O)c2cc3cc(F)ccc3s2)CCC1C(=O)O. The van der Waals surface area contributed by atoms with Crippen LogP contribution in [0.4, 0.5) is 4.39 Å². The summed E-state index contributed by atoms with van der Waals surface area (Å²) in [4.78, 5) is 26.0. The molecule has 1 saturated heterocycles. The fourth-order valence-corrected chi connectivity index (χ4v) is 3.98. The molecule has 1 N–H and O–H groups in total. The lowest BCUT2D eigenvalue weighted by Gasteiger charge is -2.34. The molecule has 1 aliphatic rings. The van der Waals surface area contributed by atoms with Gasteiger partial charge in [-0.15, -0.1) is 11.3 Å². The Kier molecular flexibility index (Phi) is 3.87.